The van der Waals surface area contributed by atoms with Crippen LogP contribution in [0.5, 0.6) is 5.75 Å². The fraction of sp³-hybridized carbons (Fsp3) is 0.333. The SMILES string of the molecule is CCOc1ccccc1N(CC(=O)N(Cc1cccc(Cl)c1)[C@H](C)C(=O)NC(C)C)S(=O)(=O)c1ccc(SC)cc1. The van der Waals surface area contributed by atoms with Crippen LogP contribution in [0.3, 0.4) is 0 Å². The Balaban J connectivity index is 2.09. The molecule has 0 saturated heterocycles. The molecule has 11 heteroatoms. The summed E-state index contributed by atoms with van der Waals surface area (Å²) >= 11 is 7.69. The van der Waals surface area contributed by atoms with Gasteiger partial charge in [-0.3, -0.25) is 13.9 Å². The predicted octanol–water partition coefficient (Wildman–Crippen LogP) is 5.60. The number of carbonyl (C=O) groups excluding carboxylic acids is 2. The molecule has 0 heterocycles. The molecule has 3 rings (SSSR count). The van der Waals surface area contributed by atoms with Crippen molar-refractivity contribution >= 4 is 50.9 Å². The van der Waals surface area contributed by atoms with E-state index < -0.39 is 28.5 Å². The van der Waals surface area contributed by atoms with Crippen LogP contribution in [0.4, 0.5) is 5.69 Å². The Morgan fingerprint density at radius 3 is 2.29 bits per heavy atom. The molecule has 0 aliphatic heterocycles. The molecule has 0 unspecified atom stereocenters. The third-order valence-corrected chi connectivity index (χ3v) is 8.95. The second kappa shape index (κ2) is 14.6. The van der Waals surface area contributed by atoms with Gasteiger partial charge in [0.15, 0.2) is 0 Å². The fourth-order valence-electron chi connectivity index (χ4n) is 4.15. The Morgan fingerprint density at radius 1 is 1.00 bits per heavy atom. The van der Waals surface area contributed by atoms with Gasteiger partial charge < -0.3 is 15.0 Å². The van der Waals surface area contributed by atoms with Crippen molar-refractivity contribution in [3.63, 3.8) is 0 Å². The summed E-state index contributed by atoms with van der Waals surface area (Å²) in [4.78, 5) is 29.4. The molecule has 0 radical (unpaired) electrons. The summed E-state index contributed by atoms with van der Waals surface area (Å²) in [6.07, 6.45) is 1.90. The number of benzene rings is 3. The van der Waals surface area contributed by atoms with Crippen molar-refractivity contribution in [1.29, 1.82) is 0 Å². The number of halogens is 1. The van der Waals surface area contributed by atoms with Crippen LogP contribution < -0.4 is 14.4 Å². The fourth-order valence-corrected chi connectivity index (χ4v) is 6.19. The van der Waals surface area contributed by atoms with Gasteiger partial charge in [-0.1, -0.05) is 35.9 Å². The van der Waals surface area contributed by atoms with Crippen LogP contribution in [0.25, 0.3) is 0 Å². The molecule has 0 spiro atoms. The van der Waals surface area contributed by atoms with E-state index in [0.717, 1.165) is 9.20 Å². The summed E-state index contributed by atoms with van der Waals surface area (Å²) in [5, 5.41) is 3.32. The molecule has 0 fully saturated rings. The van der Waals surface area contributed by atoms with E-state index in [4.69, 9.17) is 16.3 Å². The molecule has 3 aromatic carbocycles. The lowest BCUT2D eigenvalue weighted by Crippen LogP contribution is -2.52. The molecule has 1 atom stereocenters. The quantitative estimate of drug-likeness (QED) is 0.251. The number of anilines is 1. The molecular formula is C30H36ClN3O5S2. The first-order chi connectivity index (χ1) is 19.5. The summed E-state index contributed by atoms with van der Waals surface area (Å²) in [5.74, 6) is -0.599. The van der Waals surface area contributed by atoms with E-state index in [0.29, 0.717) is 22.9 Å². The number of hydrogen-bond acceptors (Lipinski definition) is 6. The summed E-state index contributed by atoms with van der Waals surface area (Å²) in [6, 6.07) is 19.1. The minimum atomic E-state index is -4.22. The van der Waals surface area contributed by atoms with Crippen molar-refractivity contribution in [3.8, 4) is 5.75 Å². The van der Waals surface area contributed by atoms with Crippen molar-refractivity contribution in [3.05, 3.63) is 83.4 Å². The number of amides is 2. The molecule has 0 aliphatic carbocycles. The molecule has 2 amide bonds. The Kier molecular flexibility index (Phi) is 11.5. The van der Waals surface area contributed by atoms with Gasteiger partial charge in [-0.2, -0.15) is 0 Å². The van der Waals surface area contributed by atoms with E-state index in [1.165, 1.54) is 28.8 Å². The molecular weight excluding hydrogens is 582 g/mol. The smallest absolute Gasteiger partial charge is 0.264 e. The van der Waals surface area contributed by atoms with Crippen molar-refractivity contribution < 1.29 is 22.7 Å². The van der Waals surface area contributed by atoms with Crippen LogP contribution in [0.2, 0.25) is 5.02 Å². The first-order valence-corrected chi connectivity index (χ1v) is 16.2. The maximum Gasteiger partial charge on any atom is 0.264 e. The number of para-hydroxylation sites is 2. The van der Waals surface area contributed by atoms with Gasteiger partial charge in [0.05, 0.1) is 17.2 Å². The molecule has 0 aromatic heterocycles. The number of nitrogens with one attached hydrogen (secondary N) is 1. The number of ether oxygens (including phenoxy) is 1. The van der Waals surface area contributed by atoms with Crippen LogP contribution in [-0.2, 0) is 26.2 Å². The molecule has 0 saturated carbocycles. The van der Waals surface area contributed by atoms with E-state index in [9.17, 15) is 18.0 Å². The third-order valence-electron chi connectivity index (χ3n) is 6.20. The van der Waals surface area contributed by atoms with E-state index in [2.05, 4.69) is 5.32 Å². The minimum Gasteiger partial charge on any atom is -0.492 e. The number of rotatable bonds is 13. The average Bonchev–Trinajstić information content (AvgIpc) is 2.94. The van der Waals surface area contributed by atoms with Crippen molar-refractivity contribution in [2.45, 2.75) is 56.1 Å². The minimum absolute atomic E-state index is 0.0291. The van der Waals surface area contributed by atoms with E-state index in [1.54, 1.807) is 74.5 Å². The summed E-state index contributed by atoms with van der Waals surface area (Å²) in [6.45, 7) is 6.86. The van der Waals surface area contributed by atoms with Gasteiger partial charge in [-0.15, -0.1) is 11.8 Å². The highest BCUT2D eigenvalue weighted by Crippen LogP contribution is 2.33. The largest absolute Gasteiger partial charge is 0.492 e. The second-order valence-electron chi connectivity index (χ2n) is 9.58. The lowest BCUT2D eigenvalue weighted by atomic mass is 10.1. The number of sulfonamides is 1. The maximum absolute atomic E-state index is 14.1. The van der Waals surface area contributed by atoms with Crippen molar-refractivity contribution in [2.75, 3.05) is 23.7 Å². The van der Waals surface area contributed by atoms with Gasteiger partial charge in [0.1, 0.15) is 18.3 Å². The van der Waals surface area contributed by atoms with Crippen LogP contribution in [0.15, 0.2) is 82.6 Å². The zero-order valence-electron chi connectivity index (χ0n) is 23.8. The van der Waals surface area contributed by atoms with Crippen molar-refractivity contribution in [1.82, 2.24) is 10.2 Å². The molecule has 0 bridgehead atoms. The Labute approximate surface area is 252 Å². The first kappa shape index (κ1) is 32.3. The van der Waals surface area contributed by atoms with E-state index >= 15 is 0 Å². The molecule has 0 aliphatic rings. The van der Waals surface area contributed by atoms with Gasteiger partial charge in [-0.05, 0) is 88.0 Å². The van der Waals surface area contributed by atoms with E-state index in [1.807, 2.05) is 20.1 Å². The first-order valence-electron chi connectivity index (χ1n) is 13.2. The predicted molar refractivity (Wildman–Crippen MR) is 165 cm³/mol. The highest BCUT2D eigenvalue weighted by Gasteiger charge is 2.34. The Morgan fingerprint density at radius 2 is 1.68 bits per heavy atom. The summed E-state index contributed by atoms with van der Waals surface area (Å²) in [7, 11) is -4.22. The van der Waals surface area contributed by atoms with Crippen LogP contribution in [0, 0.1) is 0 Å². The lowest BCUT2D eigenvalue weighted by Gasteiger charge is -2.32. The number of carbonyl (C=O) groups is 2. The van der Waals surface area contributed by atoms with Gasteiger partial charge in [0.2, 0.25) is 11.8 Å². The third kappa shape index (κ3) is 8.40. The standard InChI is InChI=1S/C30H36ClN3O5S2/c1-6-39-28-13-8-7-12-27(28)34(41(37,38)26-16-14-25(40-5)15-17-26)20-29(35)33(22(4)30(36)32-21(2)3)19-23-10-9-11-24(31)18-23/h7-18,21-22H,6,19-20H2,1-5H3,(H,32,36)/t22-/m1/s1. The van der Waals surface area contributed by atoms with Crippen LogP contribution in [0.1, 0.15) is 33.3 Å². The van der Waals surface area contributed by atoms with Gasteiger partial charge in [0.25, 0.3) is 10.0 Å². The highest BCUT2D eigenvalue weighted by molar-refractivity contribution is 7.98. The number of hydrogen-bond donors (Lipinski definition) is 1. The zero-order valence-corrected chi connectivity index (χ0v) is 26.2. The Bertz CT molecular complexity index is 1450. The second-order valence-corrected chi connectivity index (χ2v) is 12.8. The number of nitrogens with zero attached hydrogens (tertiary/aromatic N) is 2. The van der Waals surface area contributed by atoms with Gasteiger partial charge in [-0.25, -0.2) is 8.42 Å². The molecule has 8 nitrogen and oxygen atoms in total. The molecule has 3 aromatic rings. The summed E-state index contributed by atoms with van der Waals surface area (Å²) < 4.78 is 35.0. The van der Waals surface area contributed by atoms with Gasteiger partial charge >= 0.3 is 0 Å². The average molecular weight is 618 g/mol. The zero-order chi connectivity index (χ0) is 30.2. The van der Waals surface area contributed by atoms with E-state index in [-0.39, 0.29) is 29.1 Å². The van der Waals surface area contributed by atoms with Gasteiger partial charge in [0, 0.05) is 22.5 Å². The maximum atomic E-state index is 14.1. The highest BCUT2D eigenvalue weighted by atomic mass is 35.5. The topological polar surface area (TPSA) is 96.0 Å². The lowest BCUT2D eigenvalue weighted by molar-refractivity contribution is -0.139. The summed E-state index contributed by atoms with van der Waals surface area (Å²) in [5.41, 5.74) is 0.922. The normalized spacial score (nSPS) is 12.1. The van der Waals surface area contributed by atoms with Crippen molar-refractivity contribution in [2.24, 2.45) is 0 Å². The molecule has 1 N–H and O–H groups in total. The Hall–Kier alpha value is -3.21. The van der Waals surface area contributed by atoms with Crippen LogP contribution in [-0.4, -0.2) is 56.6 Å². The molecule has 41 heavy (non-hydrogen) atoms. The number of thioether (sulfide) groups is 1. The monoisotopic (exact) mass is 617 g/mol. The molecule has 220 valence electrons. The van der Waals surface area contributed by atoms with Crippen LogP contribution >= 0.6 is 23.4 Å².